The lowest BCUT2D eigenvalue weighted by molar-refractivity contribution is -0.124. The van der Waals surface area contributed by atoms with Crippen molar-refractivity contribution in [2.24, 2.45) is 0 Å². The molecule has 8 heteroatoms. The Morgan fingerprint density at radius 1 is 1.00 bits per heavy atom. The largest absolute Gasteiger partial charge is 0.435 e. The molecule has 0 aliphatic rings. The zero-order valence-electron chi connectivity index (χ0n) is 5.60. The van der Waals surface area contributed by atoms with E-state index in [4.69, 9.17) is 23.2 Å². The molecular formula is C4H4Cl5F3. The molecule has 0 radical (unpaired) electrons. The lowest BCUT2D eigenvalue weighted by Crippen LogP contribution is -2.27. The normalized spacial score (nSPS) is 12.5. The fourth-order valence-electron chi connectivity index (χ4n) is 0. The van der Waals surface area contributed by atoms with Crippen LogP contribution in [0.1, 0.15) is 6.92 Å². The van der Waals surface area contributed by atoms with E-state index in [2.05, 4.69) is 34.8 Å². The molecule has 0 saturated carbocycles. The second-order valence-electron chi connectivity index (χ2n) is 1.51. The van der Waals surface area contributed by atoms with E-state index in [-0.39, 0.29) is 4.84 Å². The van der Waals surface area contributed by atoms with Gasteiger partial charge in [-0.3, -0.25) is 0 Å². The van der Waals surface area contributed by atoms with Gasteiger partial charge in [0.2, 0.25) is 0 Å². The molecule has 0 unspecified atom stereocenters. The molecule has 0 atom stereocenters. The number of rotatable bonds is 0. The van der Waals surface area contributed by atoms with Gasteiger partial charge in [0, 0.05) is 0 Å². The highest BCUT2D eigenvalue weighted by molar-refractivity contribution is 6.68. The van der Waals surface area contributed by atoms with Crippen LogP contribution in [0.3, 0.4) is 0 Å². The molecule has 0 aromatic carbocycles. The van der Waals surface area contributed by atoms with E-state index in [0.717, 1.165) is 0 Å². The molecule has 0 aliphatic carbocycles. The summed E-state index contributed by atoms with van der Waals surface area (Å²) in [7, 11) is 0. The molecule has 0 nitrogen and oxygen atoms in total. The Hall–Kier alpha value is 1.24. The second kappa shape index (κ2) is 5.86. The van der Waals surface area contributed by atoms with Crippen molar-refractivity contribution in [2.75, 3.05) is 0 Å². The monoisotopic (exact) mass is 284 g/mol. The van der Waals surface area contributed by atoms with Gasteiger partial charge in [0.05, 0.1) is 0 Å². The maximum absolute atomic E-state index is 11.2. The average molecular weight is 286 g/mol. The molecule has 0 aromatic heterocycles. The molecular weight excluding hydrogens is 282 g/mol. The first-order valence-corrected chi connectivity index (χ1v) is 4.40. The van der Waals surface area contributed by atoms with Gasteiger partial charge >= 0.3 is 6.18 Å². The minimum absolute atomic E-state index is 0.222. The topological polar surface area (TPSA) is 0 Å². The predicted molar refractivity (Wildman–Crippen MR) is 47.5 cm³/mol. The highest BCUT2D eigenvalue weighted by Crippen LogP contribution is 2.42. The summed E-state index contributed by atoms with van der Waals surface area (Å²) in [6.45, 7) is 1.70. The number of halogens is 8. The van der Waals surface area contributed by atoms with Crippen molar-refractivity contribution in [3.63, 3.8) is 0 Å². The standard InChI is InChI=1S/C2Cl3F3.C2H4Cl2/c3-1(4,5)2(6,7)8;1-2(3)4/h;2H,1H3. The van der Waals surface area contributed by atoms with Gasteiger partial charge in [0.15, 0.2) is 0 Å². The van der Waals surface area contributed by atoms with E-state index < -0.39 is 9.97 Å². The fourth-order valence-corrected chi connectivity index (χ4v) is 0. The smallest absolute Gasteiger partial charge is 0.166 e. The zero-order valence-corrected chi connectivity index (χ0v) is 9.38. The van der Waals surface area contributed by atoms with Gasteiger partial charge in [0.25, 0.3) is 3.79 Å². The highest BCUT2D eigenvalue weighted by atomic mass is 35.6. The molecule has 0 aromatic rings. The van der Waals surface area contributed by atoms with Gasteiger partial charge < -0.3 is 0 Å². The van der Waals surface area contributed by atoms with Crippen LogP contribution in [0.2, 0.25) is 0 Å². The third-order valence-corrected chi connectivity index (χ3v) is 0.964. The van der Waals surface area contributed by atoms with Crippen molar-refractivity contribution in [1.29, 1.82) is 0 Å². The maximum atomic E-state index is 11.2. The quantitative estimate of drug-likeness (QED) is 0.565. The molecule has 0 spiro atoms. The Morgan fingerprint density at radius 2 is 1.08 bits per heavy atom. The van der Waals surface area contributed by atoms with E-state index >= 15 is 0 Å². The van der Waals surface area contributed by atoms with Crippen molar-refractivity contribution in [2.45, 2.75) is 21.7 Å². The van der Waals surface area contributed by atoms with Crippen LogP contribution in [0.4, 0.5) is 13.2 Å². The van der Waals surface area contributed by atoms with Crippen molar-refractivity contribution in [3.05, 3.63) is 0 Å². The molecule has 0 rings (SSSR count). The van der Waals surface area contributed by atoms with Gasteiger partial charge in [-0.2, -0.15) is 13.2 Å². The Balaban J connectivity index is 0. The summed E-state index contributed by atoms with van der Waals surface area (Å²) in [5, 5.41) is 0. The van der Waals surface area contributed by atoms with Gasteiger partial charge in [-0.05, 0) is 6.92 Å². The Morgan fingerprint density at radius 3 is 1.08 bits per heavy atom. The molecule has 0 heterocycles. The first-order valence-electron chi connectivity index (χ1n) is 2.40. The predicted octanol–water partition coefficient (Wildman–Crippen LogP) is 4.73. The van der Waals surface area contributed by atoms with Crippen molar-refractivity contribution < 1.29 is 13.2 Å². The molecule has 0 saturated heterocycles. The highest BCUT2D eigenvalue weighted by Gasteiger charge is 2.51. The van der Waals surface area contributed by atoms with E-state index in [1.807, 2.05) is 0 Å². The summed E-state index contributed by atoms with van der Waals surface area (Å²) in [5.41, 5.74) is 0. The number of hydrogen-bond donors (Lipinski definition) is 0. The number of hydrogen-bond acceptors (Lipinski definition) is 0. The summed E-state index contributed by atoms with van der Waals surface area (Å²) in [6.07, 6.45) is -4.77. The summed E-state index contributed by atoms with van der Waals surface area (Å²) in [6, 6.07) is 0. The molecule has 76 valence electrons. The summed E-state index contributed by atoms with van der Waals surface area (Å²) >= 11 is 23.3. The van der Waals surface area contributed by atoms with E-state index in [9.17, 15) is 13.2 Å². The molecule has 0 aliphatic heterocycles. The van der Waals surface area contributed by atoms with Crippen LogP contribution in [0.25, 0.3) is 0 Å². The minimum atomic E-state index is -4.77. The van der Waals surface area contributed by atoms with Crippen LogP contribution in [-0.2, 0) is 0 Å². The third-order valence-electron chi connectivity index (χ3n) is 0.321. The fraction of sp³-hybridized carbons (Fsp3) is 1.00. The maximum Gasteiger partial charge on any atom is 0.435 e. The van der Waals surface area contributed by atoms with Crippen LogP contribution in [0.5, 0.6) is 0 Å². The van der Waals surface area contributed by atoms with Crippen molar-refractivity contribution >= 4 is 58.0 Å². The van der Waals surface area contributed by atoms with E-state index in [0.29, 0.717) is 0 Å². The second-order valence-corrected chi connectivity index (χ2v) is 5.33. The van der Waals surface area contributed by atoms with Gasteiger partial charge in [-0.1, -0.05) is 34.8 Å². The van der Waals surface area contributed by atoms with E-state index in [1.165, 1.54) is 0 Å². The lowest BCUT2D eigenvalue weighted by Gasteiger charge is -2.13. The zero-order chi connectivity index (χ0) is 10.6. The first-order chi connectivity index (χ1) is 4.98. The van der Waals surface area contributed by atoms with Crippen LogP contribution in [-0.4, -0.2) is 14.8 Å². The average Bonchev–Trinajstić information content (AvgIpc) is 1.55. The van der Waals surface area contributed by atoms with Gasteiger partial charge in [0.1, 0.15) is 4.84 Å². The summed E-state index contributed by atoms with van der Waals surface area (Å²) in [4.78, 5) is -0.222. The summed E-state index contributed by atoms with van der Waals surface area (Å²) < 4.78 is 30.4. The molecule has 0 fully saturated rings. The third kappa shape index (κ3) is 11.2. The van der Waals surface area contributed by atoms with Crippen molar-refractivity contribution in [1.82, 2.24) is 0 Å². The minimum Gasteiger partial charge on any atom is -0.166 e. The lowest BCUT2D eigenvalue weighted by atomic mass is 10.8. The SMILES string of the molecule is CC(Cl)Cl.FC(F)(F)C(Cl)(Cl)Cl. The van der Waals surface area contributed by atoms with Crippen molar-refractivity contribution in [3.8, 4) is 0 Å². The van der Waals surface area contributed by atoms with E-state index in [1.54, 1.807) is 6.92 Å². The van der Waals surface area contributed by atoms with Gasteiger partial charge in [-0.25, -0.2) is 0 Å². The first kappa shape index (κ1) is 15.7. The summed E-state index contributed by atoms with van der Waals surface area (Å²) in [5.74, 6) is 0. The Bertz CT molecular complexity index is 100. The van der Waals surface area contributed by atoms with Crippen LogP contribution >= 0.6 is 58.0 Å². The Labute approximate surface area is 92.9 Å². The molecule has 12 heavy (non-hydrogen) atoms. The van der Waals surface area contributed by atoms with Crippen LogP contribution < -0.4 is 0 Å². The molecule has 0 amide bonds. The molecule has 0 N–H and O–H groups in total. The van der Waals surface area contributed by atoms with Gasteiger partial charge in [-0.15, -0.1) is 23.2 Å². The molecule has 0 bridgehead atoms. The van der Waals surface area contributed by atoms with Crippen LogP contribution in [0, 0.1) is 0 Å². The number of alkyl halides is 8. The van der Waals surface area contributed by atoms with Crippen LogP contribution in [0.15, 0.2) is 0 Å². The Kier molecular flexibility index (Phi) is 7.67.